The normalized spacial score (nSPS) is 26.4. The Morgan fingerprint density at radius 1 is 1.07 bits per heavy atom. The van der Waals surface area contributed by atoms with Crippen LogP contribution in [0.15, 0.2) is 11.3 Å². The van der Waals surface area contributed by atoms with Gasteiger partial charge in [-0.25, -0.2) is 4.79 Å². The van der Waals surface area contributed by atoms with Crippen molar-refractivity contribution in [3.63, 3.8) is 0 Å². The molecular weight excluding hydrogens is 390 g/mol. The molecule has 0 saturated carbocycles. The maximum absolute atomic E-state index is 13.4. The third-order valence-electron chi connectivity index (χ3n) is 3.84. The van der Waals surface area contributed by atoms with Crippen LogP contribution in [0.2, 0.25) is 0 Å². The lowest BCUT2D eigenvalue weighted by atomic mass is 9.75. The van der Waals surface area contributed by atoms with Gasteiger partial charge in [0.25, 0.3) is 0 Å². The van der Waals surface area contributed by atoms with Crippen molar-refractivity contribution in [3.8, 4) is 0 Å². The van der Waals surface area contributed by atoms with E-state index < -0.39 is 66.3 Å². The van der Waals surface area contributed by atoms with Crippen molar-refractivity contribution >= 4 is 11.9 Å². The molecule has 0 saturated heterocycles. The summed E-state index contributed by atoms with van der Waals surface area (Å²) in [5, 5.41) is 9.99. The van der Waals surface area contributed by atoms with Crippen molar-refractivity contribution in [1.82, 2.24) is 0 Å². The molecule has 0 aromatic carbocycles. The van der Waals surface area contributed by atoms with Crippen LogP contribution < -0.4 is 0 Å². The quantitative estimate of drug-likeness (QED) is 0.557. The number of aliphatic hydroxyl groups is 1. The van der Waals surface area contributed by atoms with Crippen molar-refractivity contribution in [2.75, 3.05) is 13.2 Å². The highest BCUT2D eigenvalue weighted by Crippen LogP contribution is 2.52. The monoisotopic (exact) mass is 408 g/mol. The Hall–Kier alpha value is -1.98. The van der Waals surface area contributed by atoms with Crippen LogP contribution >= 0.6 is 0 Å². The number of hydrogen-bond donors (Lipinski definition) is 1. The molecule has 0 aliphatic carbocycles. The largest absolute Gasteiger partial charge is 0.466 e. The third-order valence-corrected chi connectivity index (χ3v) is 3.84. The highest BCUT2D eigenvalue weighted by molar-refractivity contribution is 5.92. The molecule has 0 fully saturated rings. The first-order valence-electron chi connectivity index (χ1n) is 7.89. The number of alkyl halides is 6. The van der Waals surface area contributed by atoms with Gasteiger partial charge in [-0.2, -0.15) is 26.3 Å². The van der Waals surface area contributed by atoms with Crippen molar-refractivity contribution in [3.05, 3.63) is 11.3 Å². The van der Waals surface area contributed by atoms with Gasteiger partial charge in [0.15, 0.2) is 0 Å². The standard InChI is InChI=1S/C15H18F6O6/c1-4-7-8(11(22)25-5-2)10(14(16,17)18)27-13(24,15(19,20)21)9(7)12(23)26-6-3/h7,9,24H,4-6H2,1-3H3. The minimum Gasteiger partial charge on any atom is -0.466 e. The topological polar surface area (TPSA) is 82.1 Å². The first-order chi connectivity index (χ1) is 12.3. The lowest BCUT2D eigenvalue weighted by Gasteiger charge is -2.44. The van der Waals surface area contributed by atoms with Crippen molar-refractivity contribution in [2.45, 2.75) is 45.3 Å². The fourth-order valence-electron chi connectivity index (χ4n) is 2.78. The molecule has 1 N–H and O–H groups in total. The molecule has 1 heterocycles. The zero-order valence-electron chi connectivity index (χ0n) is 14.5. The number of rotatable bonds is 5. The van der Waals surface area contributed by atoms with Crippen molar-refractivity contribution in [2.24, 2.45) is 11.8 Å². The van der Waals surface area contributed by atoms with E-state index in [0.29, 0.717) is 0 Å². The summed E-state index contributed by atoms with van der Waals surface area (Å²) in [6, 6.07) is 0. The lowest BCUT2D eigenvalue weighted by Crippen LogP contribution is -2.62. The van der Waals surface area contributed by atoms with E-state index in [1.807, 2.05) is 0 Å². The fourth-order valence-corrected chi connectivity index (χ4v) is 2.78. The Labute approximate surface area is 150 Å². The van der Waals surface area contributed by atoms with Crippen molar-refractivity contribution in [1.29, 1.82) is 0 Å². The van der Waals surface area contributed by atoms with E-state index in [2.05, 4.69) is 14.2 Å². The predicted octanol–water partition coefficient (Wildman–Crippen LogP) is 2.85. The Kier molecular flexibility index (Phi) is 6.79. The van der Waals surface area contributed by atoms with E-state index in [1.165, 1.54) is 13.8 Å². The second-order valence-corrected chi connectivity index (χ2v) is 5.50. The molecule has 6 nitrogen and oxygen atoms in total. The molecule has 3 atom stereocenters. The van der Waals surface area contributed by atoms with E-state index >= 15 is 0 Å². The van der Waals surface area contributed by atoms with Gasteiger partial charge >= 0.3 is 30.1 Å². The zero-order valence-corrected chi connectivity index (χ0v) is 14.5. The van der Waals surface area contributed by atoms with Gasteiger partial charge < -0.3 is 19.3 Å². The number of esters is 2. The predicted molar refractivity (Wildman–Crippen MR) is 75.7 cm³/mol. The molecule has 156 valence electrons. The molecule has 1 aliphatic heterocycles. The Balaban J connectivity index is 3.79. The molecule has 3 unspecified atom stereocenters. The summed E-state index contributed by atoms with van der Waals surface area (Å²) in [6.45, 7) is 2.87. The van der Waals surface area contributed by atoms with E-state index in [-0.39, 0.29) is 6.61 Å². The Morgan fingerprint density at radius 2 is 1.59 bits per heavy atom. The SMILES string of the molecule is CCOC(=O)C1=C(C(F)(F)F)OC(O)(C(F)(F)F)C(C(=O)OCC)C1CC. The molecule has 12 heteroatoms. The van der Waals surface area contributed by atoms with E-state index in [1.54, 1.807) is 0 Å². The Morgan fingerprint density at radius 3 is 1.96 bits per heavy atom. The van der Waals surface area contributed by atoms with Gasteiger partial charge in [-0.3, -0.25) is 4.79 Å². The summed E-state index contributed by atoms with van der Waals surface area (Å²) < 4.78 is 93.1. The highest BCUT2D eigenvalue weighted by atomic mass is 19.4. The van der Waals surface area contributed by atoms with Crippen LogP contribution in [0.25, 0.3) is 0 Å². The zero-order chi connectivity index (χ0) is 21.2. The van der Waals surface area contributed by atoms with Crippen LogP contribution in [0.3, 0.4) is 0 Å². The molecule has 0 amide bonds. The molecule has 1 rings (SSSR count). The van der Waals surface area contributed by atoms with E-state index in [0.717, 1.165) is 6.92 Å². The first-order valence-corrected chi connectivity index (χ1v) is 7.89. The average Bonchev–Trinajstić information content (AvgIpc) is 2.51. The molecular formula is C15H18F6O6. The molecule has 27 heavy (non-hydrogen) atoms. The molecule has 0 aromatic rings. The van der Waals surface area contributed by atoms with Gasteiger partial charge in [0.1, 0.15) is 5.92 Å². The summed E-state index contributed by atoms with van der Waals surface area (Å²) in [4.78, 5) is 24.1. The number of ether oxygens (including phenoxy) is 3. The fraction of sp³-hybridized carbons (Fsp3) is 0.733. The van der Waals surface area contributed by atoms with Crippen LogP contribution in [0.5, 0.6) is 0 Å². The lowest BCUT2D eigenvalue weighted by molar-refractivity contribution is -0.390. The number of carbonyl (C=O) groups is 2. The van der Waals surface area contributed by atoms with Crippen LogP contribution in [0, 0.1) is 11.8 Å². The molecule has 0 spiro atoms. The number of halogens is 6. The second kappa shape index (κ2) is 7.95. The maximum atomic E-state index is 13.4. The molecule has 0 radical (unpaired) electrons. The molecule has 1 aliphatic rings. The minimum absolute atomic E-state index is 0.377. The molecule has 0 aromatic heterocycles. The van der Waals surface area contributed by atoms with Crippen LogP contribution in [0.1, 0.15) is 27.2 Å². The minimum atomic E-state index is -5.80. The Bertz CT molecular complexity index is 611. The average molecular weight is 408 g/mol. The van der Waals surface area contributed by atoms with Crippen molar-refractivity contribution < 1.29 is 55.2 Å². The smallest absolute Gasteiger partial charge is 0.456 e. The number of carbonyl (C=O) groups excluding carboxylic acids is 2. The number of hydrogen-bond acceptors (Lipinski definition) is 6. The van der Waals surface area contributed by atoms with Gasteiger partial charge in [0.05, 0.1) is 18.8 Å². The van der Waals surface area contributed by atoms with Crippen LogP contribution in [-0.2, 0) is 23.8 Å². The van der Waals surface area contributed by atoms with Crippen LogP contribution in [-0.4, -0.2) is 48.4 Å². The first kappa shape index (κ1) is 23.1. The van der Waals surface area contributed by atoms with Gasteiger partial charge in [-0.15, -0.1) is 0 Å². The second-order valence-electron chi connectivity index (χ2n) is 5.50. The number of allylic oxidation sites excluding steroid dienone is 1. The van der Waals surface area contributed by atoms with Gasteiger partial charge in [0.2, 0.25) is 5.76 Å². The summed E-state index contributed by atoms with van der Waals surface area (Å²) in [6.07, 6.45) is -11.9. The summed E-state index contributed by atoms with van der Waals surface area (Å²) in [5.41, 5.74) is -1.31. The summed E-state index contributed by atoms with van der Waals surface area (Å²) >= 11 is 0. The third kappa shape index (κ3) is 4.30. The van der Waals surface area contributed by atoms with E-state index in [4.69, 9.17) is 0 Å². The van der Waals surface area contributed by atoms with E-state index in [9.17, 15) is 41.0 Å². The molecule has 0 bridgehead atoms. The summed E-state index contributed by atoms with van der Waals surface area (Å²) in [5.74, 6) is -14.8. The van der Waals surface area contributed by atoms with Gasteiger partial charge in [-0.1, -0.05) is 6.92 Å². The maximum Gasteiger partial charge on any atom is 0.456 e. The summed E-state index contributed by atoms with van der Waals surface area (Å²) in [7, 11) is 0. The van der Waals surface area contributed by atoms with Gasteiger partial charge in [-0.05, 0) is 20.3 Å². The van der Waals surface area contributed by atoms with Gasteiger partial charge in [0, 0.05) is 5.92 Å². The van der Waals surface area contributed by atoms with Crippen LogP contribution in [0.4, 0.5) is 26.3 Å². The highest BCUT2D eigenvalue weighted by Gasteiger charge is 2.71.